The molecular weight excluding hydrogens is 372 g/mol. The minimum Gasteiger partial charge on any atom is -0.481 e. The zero-order valence-corrected chi connectivity index (χ0v) is 14.7. The Hall–Kier alpha value is -2.38. The molecule has 0 aromatic carbocycles. The smallest absolute Gasteiger partial charge is 0.322 e. The number of carboxylic acid groups (broad SMARTS) is 2. The second-order valence-electron chi connectivity index (χ2n) is 5.29. The van der Waals surface area contributed by atoms with Crippen LogP contribution in [0.4, 0.5) is 0 Å². The average Bonchev–Trinajstić information content (AvgIpc) is 2.54. The van der Waals surface area contributed by atoms with Crippen LogP contribution in [0.5, 0.6) is 0 Å². The van der Waals surface area contributed by atoms with E-state index in [-0.39, 0.29) is 5.75 Å². The third kappa shape index (κ3) is 8.64. The molecule has 13 heteroatoms. The quantitative estimate of drug-likeness (QED) is 0.162. The number of aliphatic hydroxyl groups is 1. The lowest BCUT2D eigenvalue weighted by molar-refractivity contribution is -0.142. The maximum Gasteiger partial charge on any atom is 0.322 e. The lowest BCUT2D eigenvalue weighted by Crippen LogP contribution is -2.59. The minimum atomic E-state index is -1.61. The van der Waals surface area contributed by atoms with E-state index in [0.29, 0.717) is 0 Å². The van der Waals surface area contributed by atoms with Gasteiger partial charge in [-0.25, -0.2) is 0 Å². The molecule has 0 rings (SSSR count). The molecule has 0 aliphatic heterocycles. The van der Waals surface area contributed by atoms with Crippen LogP contribution in [0, 0.1) is 0 Å². The minimum absolute atomic E-state index is 0.0286. The van der Waals surface area contributed by atoms with Crippen LogP contribution in [0.25, 0.3) is 0 Å². The summed E-state index contributed by atoms with van der Waals surface area (Å²) in [7, 11) is 0. The van der Waals surface area contributed by atoms with Gasteiger partial charge in [-0.1, -0.05) is 0 Å². The predicted molar refractivity (Wildman–Crippen MR) is 90.3 cm³/mol. The van der Waals surface area contributed by atoms with E-state index in [4.69, 9.17) is 15.9 Å². The number of hydrogen-bond donors (Lipinski definition) is 8. The van der Waals surface area contributed by atoms with Gasteiger partial charge in [0.2, 0.25) is 17.7 Å². The Bertz CT molecular complexity index is 556. The van der Waals surface area contributed by atoms with Crippen LogP contribution in [0.15, 0.2) is 0 Å². The highest BCUT2D eigenvalue weighted by atomic mass is 32.1. The fourth-order valence-electron chi connectivity index (χ4n) is 1.68. The first-order valence-electron chi connectivity index (χ1n) is 7.36. The van der Waals surface area contributed by atoms with Crippen molar-refractivity contribution in [1.29, 1.82) is 0 Å². The van der Waals surface area contributed by atoms with Gasteiger partial charge in [0.15, 0.2) is 0 Å². The Balaban J connectivity index is 5.15. The Morgan fingerprint density at radius 3 is 2.00 bits per heavy atom. The van der Waals surface area contributed by atoms with Gasteiger partial charge in [-0.3, -0.25) is 24.0 Å². The average molecular weight is 394 g/mol. The van der Waals surface area contributed by atoms with E-state index < -0.39 is 66.9 Å². The molecular formula is C13H22N4O8S. The summed E-state index contributed by atoms with van der Waals surface area (Å²) in [4.78, 5) is 57.2. The second-order valence-corrected chi connectivity index (χ2v) is 5.65. The molecule has 0 aliphatic rings. The van der Waals surface area contributed by atoms with Gasteiger partial charge in [0, 0.05) is 5.75 Å². The summed E-state index contributed by atoms with van der Waals surface area (Å²) < 4.78 is 0. The summed E-state index contributed by atoms with van der Waals surface area (Å²) in [6.45, 7) is 0.408. The number of nitrogens with one attached hydrogen (secondary N) is 3. The number of carbonyl (C=O) groups is 5. The van der Waals surface area contributed by atoms with E-state index in [1.54, 1.807) is 0 Å². The molecule has 0 fully saturated rings. The molecule has 4 atom stereocenters. The van der Waals surface area contributed by atoms with Crippen LogP contribution < -0.4 is 21.7 Å². The van der Waals surface area contributed by atoms with Gasteiger partial charge in [-0.2, -0.15) is 12.6 Å². The molecule has 0 saturated heterocycles. The van der Waals surface area contributed by atoms with Crippen LogP contribution in [0.3, 0.4) is 0 Å². The van der Waals surface area contributed by atoms with Crippen molar-refractivity contribution < 1.29 is 39.3 Å². The molecule has 8 N–H and O–H groups in total. The molecule has 0 aliphatic carbocycles. The number of aliphatic hydroxyl groups excluding tert-OH is 1. The summed E-state index contributed by atoms with van der Waals surface area (Å²) in [6, 6.07) is -4.19. The topological polar surface area (TPSA) is 208 Å². The van der Waals surface area contributed by atoms with Gasteiger partial charge >= 0.3 is 11.9 Å². The molecule has 26 heavy (non-hydrogen) atoms. The van der Waals surface area contributed by atoms with E-state index >= 15 is 0 Å². The van der Waals surface area contributed by atoms with Crippen molar-refractivity contribution in [3.63, 3.8) is 0 Å². The third-order valence-corrected chi connectivity index (χ3v) is 3.42. The molecule has 0 spiro atoms. The standard InChI is InChI=1S/C13H22N4O8S/c1-5(18)10(17-11(23)6(14)4-26)13(25)16-7(2-8(19)20)12(24)15-3-9(21)22/h5-7,10,18,26H,2-4,14H2,1H3,(H,15,24)(H,16,25)(H,17,23)(H,19,20)(H,21,22). The highest BCUT2D eigenvalue weighted by molar-refractivity contribution is 7.80. The van der Waals surface area contributed by atoms with E-state index in [0.717, 1.165) is 0 Å². The Morgan fingerprint density at radius 1 is 1.00 bits per heavy atom. The first-order valence-corrected chi connectivity index (χ1v) is 7.99. The monoisotopic (exact) mass is 394 g/mol. The van der Waals surface area contributed by atoms with Gasteiger partial charge in [0.1, 0.15) is 18.6 Å². The summed E-state index contributed by atoms with van der Waals surface area (Å²) in [5.41, 5.74) is 5.45. The van der Waals surface area contributed by atoms with Crippen molar-refractivity contribution in [2.24, 2.45) is 5.73 Å². The van der Waals surface area contributed by atoms with E-state index in [2.05, 4.69) is 23.3 Å². The van der Waals surface area contributed by atoms with E-state index in [1.165, 1.54) is 6.92 Å². The molecule has 0 aromatic rings. The van der Waals surface area contributed by atoms with Crippen LogP contribution in [-0.2, 0) is 24.0 Å². The third-order valence-electron chi connectivity index (χ3n) is 3.02. The van der Waals surface area contributed by atoms with E-state index in [9.17, 15) is 29.1 Å². The molecule has 4 unspecified atom stereocenters. The van der Waals surface area contributed by atoms with Gasteiger partial charge in [0.25, 0.3) is 0 Å². The number of carbonyl (C=O) groups excluding carboxylic acids is 3. The van der Waals surface area contributed by atoms with Crippen LogP contribution in [0.1, 0.15) is 13.3 Å². The van der Waals surface area contributed by atoms with Crippen molar-refractivity contribution in [1.82, 2.24) is 16.0 Å². The lowest BCUT2D eigenvalue weighted by Gasteiger charge is -2.24. The fourth-order valence-corrected chi connectivity index (χ4v) is 1.85. The van der Waals surface area contributed by atoms with Crippen molar-refractivity contribution in [2.75, 3.05) is 12.3 Å². The predicted octanol–water partition coefficient (Wildman–Crippen LogP) is -3.73. The second kappa shape index (κ2) is 11.3. The van der Waals surface area contributed by atoms with Crippen molar-refractivity contribution in [3.05, 3.63) is 0 Å². The van der Waals surface area contributed by atoms with Crippen molar-refractivity contribution in [2.45, 2.75) is 37.6 Å². The molecule has 3 amide bonds. The molecule has 0 bridgehead atoms. The number of carboxylic acids is 2. The van der Waals surface area contributed by atoms with Crippen LogP contribution in [0.2, 0.25) is 0 Å². The molecule has 0 aromatic heterocycles. The lowest BCUT2D eigenvalue weighted by atomic mass is 10.1. The highest BCUT2D eigenvalue weighted by Gasteiger charge is 2.31. The maximum absolute atomic E-state index is 12.2. The summed E-state index contributed by atoms with van der Waals surface area (Å²) in [5.74, 6) is -5.71. The SMILES string of the molecule is CC(O)C(NC(=O)C(N)CS)C(=O)NC(CC(=O)O)C(=O)NCC(=O)O. The number of aliphatic carboxylic acids is 2. The van der Waals surface area contributed by atoms with Crippen LogP contribution in [-0.4, -0.2) is 81.5 Å². The number of thiol groups is 1. The van der Waals surface area contributed by atoms with Gasteiger partial charge in [-0.05, 0) is 6.92 Å². The summed E-state index contributed by atoms with van der Waals surface area (Å²) >= 11 is 3.83. The highest BCUT2D eigenvalue weighted by Crippen LogP contribution is 2.00. The fraction of sp³-hybridized carbons (Fsp3) is 0.615. The first kappa shape index (κ1) is 23.6. The molecule has 0 heterocycles. The number of rotatable bonds is 11. The molecule has 0 saturated carbocycles. The van der Waals surface area contributed by atoms with Gasteiger partial charge in [0.05, 0.1) is 18.6 Å². The normalized spacial score (nSPS) is 15.1. The molecule has 12 nitrogen and oxygen atoms in total. The van der Waals surface area contributed by atoms with Crippen molar-refractivity contribution in [3.8, 4) is 0 Å². The number of amides is 3. The van der Waals surface area contributed by atoms with Gasteiger partial charge in [-0.15, -0.1) is 0 Å². The molecule has 0 radical (unpaired) electrons. The largest absolute Gasteiger partial charge is 0.481 e. The van der Waals surface area contributed by atoms with E-state index in [1.807, 2.05) is 5.32 Å². The first-order chi connectivity index (χ1) is 12.0. The maximum atomic E-state index is 12.2. The summed E-state index contributed by atoms with van der Waals surface area (Å²) in [5, 5.41) is 33.2. The van der Waals surface area contributed by atoms with Crippen molar-refractivity contribution >= 4 is 42.3 Å². The number of nitrogens with two attached hydrogens (primary N) is 1. The Kier molecular flexibility index (Phi) is 10.2. The zero-order chi connectivity index (χ0) is 20.4. The Labute approximate surface area is 153 Å². The zero-order valence-electron chi connectivity index (χ0n) is 13.8. The summed E-state index contributed by atoms with van der Waals surface area (Å²) in [6.07, 6.45) is -2.23. The molecule has 148 valence electrons. The Morgan fingerprint density at radius 2 is 1.58 bits per heavy atom. The number of hydrogen-bond acceptors (Lipinski definition) is 8. The van der Waals surface area contributed by atoms with Gasteiger partial charge < -0.3 is 37.0 Å². The van der Waals surface area contributed by atoms with Crippen LogP contribution >= 0.6 is 12.6 Å².